The third-order valence-electron chi connectivity index (χ3n) is 5.34. The van der Waals surface area contributed by atoms with Gasteiger partial charge in [-0.3, -0.25) is 9.63 Å². The summed E-state index contributed by atoms with van der Waals surface area (Å²) in [7, 11) is 5.50. The number of nitrogens with zero attached hydrogens (tertiary/aromatic N) is 5. The highest BCUT2D eigenvalue weighted by atomic mass is 16.6. The molecule has 3 N–H and O–H groups in total. The second-order valence-corrected chi connectivity index (χ2v) is 9.88. The van der Waals surface area contributed by atoms with Gasteiger partial charge in [-0.05, 0) is 50.0 Å². The van der Waals surface area contributed by atoms with E-state index in [9.17, 15) is 4.79 Å². The SMILES string of the molecule is CONC(=O)c1ccc(C)c(Nc2nc(N[C@H]3CCN(C)C3)nc(N(C)CC(C)(C)C)n2)c1. The van der Waals surface area contributed by atoms with Gasteiger partial charge < -0.3 is 20.4 Å². The summed E-state index contributed by atoms with van der Waals surface area (Å²) in [6.45, 7) is 11.3. The predicted molar refractivity (Wildman–Crippen MR) is 131 cm³/mol. The molecule has 1 aromatic carbocycles. The maximum atomic E-state index is 12.2. The van der Waals surface area contributed by atoms with E-state index in [1.807, 2.05) is 24.9 Å². The van der Waals surface area contributed by atoms with E-state index in [1.54, 1.807) is 12.1 Å². The summed E-state index contributed by atoms with van der Waals surface area (Å²) in [5.41, 5.74) is 4.59. The highest BCUT2D eigenvalue weighted by Crippen LogP contribution is 2.24. The van der Waals surface area contributed by atoms with Gasteiger partial charge in [0, 0.05) is 37.4 Å². The number of benzene rings is 1. The lowest BCUT2D eigenvalue weighted by Gasteiger charge is -2.27. The Bertz CT molecular complexity index is 975. The lowest BCUT2D eigenvalue weighted by atomic mass is 9.96. The second kappa shape index (κ2) is 10.3. The Labute approximate surface area is 196 Å². The third kappa shape index (κ3) is 7.00. The van der Waals surface area contributed by atoms with Crippen LogP contribution in [0.4, 0.5) is 23.5 Å². The molecular weight excluding hydrogens is 420 g/mol. The van der Waals surface area contributed by atoms with Crippen molar-refractivity contribution < 1.29 is 9.63 Å². The first-order valence-corrected chi connectivity index (χ1v) is 11.2. The minimum Gasteiger partial charge on any atom is -0.350 e. The van der Waals surface area contributed by atoms with E-state index in [-0.39, 0.29) is 17.4 Å². The number of carbonyl (C=O) groups excluding carboxylic acids is 1. The number of anilines is 4. The summed E-state index contributed by atoms with van der Waals surface area (Å²) in [6.07, 6.45) is 1.04. The molecule has 10 nitrogen and oxygen atoms in total. The van der Waals surface area contributed by atoms with Crippen molar-refractivity contribution in [2.24, 2.45) is 5.41 Å². The minimum absolute atomic E-state index is 0.0797. The van der Waals surface area contributed by atoms with Gasteiger partial charge >= 0.3 is 0 Å². The zero-order chi connectivity index (χ0) is 24.2. The number of amides is 1. The molecular formula is C23H36N8O2. The highest BCUT2D eigenvalue weighted by molar-refractivity contribution is 5.94. The smallest absolute Gasteiger partial charge is 0.274 e. The Kier molecular flexibility index (Phi) is 7.70. The third-order valence-corrected chi connectivity index (χ3v) is 5.34. The molecule has 0 spiro atoms. The lowest BCUT2D eigenvalue weighted by Crippen LogP contribution is -2.31. The first kappa shape index (κ1) is 24.7. The molecule has 1 saturated heterocycles. The van der Waals surface area contributed by atoms with E-state index in [2.05, 4.69) is 58.8 Å². The van der Waals surface area contributed by atoms with E-state index in [1.165, 1.54) is 7.11 Å². The standard InChI is InChI=1S/C23H36N8O2/c1-15-8-9-16(19(32)29-33-7)12-18(15)25-21-26-20(24-17-10-11-30(5)13-17)27-22(28-21)31(6)14-23(2,3)4/h8-9,12,17H,10-11,13-14H2,1-7H3,(H,29,32)(H2,24,25,26,27,28)/t17-/m0/s1. The molecule has 2 heterocycles. The largest absolute Gasteiger partial charge is 0.350 e. The molecule has 10 heteroatoms. The van der Waals surface area contributed by atoms with Gasteiger partial charge in [0.25, 0.3) is 5.91 Å². The molecule has 1 aliphatic rings. The summed E-state index contributed by atoms with van der Waals surface area (Å²) in [5.74, 6) is 1.22. The maximum Gasteiger partial charge on any atom is 0.274 e. The second-order valence-electron chi connectivity index (χ2n) is 9.88. The van der Waals surface area contributed by atoms with Gasteiger partial charge in [-0.15, -0.1) is 0 Å². The number of hydroxylamine groups is 1. The van der Waals surface area contributed by atoms with Crippen molar-refractivity contribution in [3.8, 4) is 0 Å². The van der Waals surface area contributed by atoms with E-state index in [0.29, 0.717) is 23.4 Å². The zero-order valence-electron chi connectivity index (χ0n) is 20.7. The molecule has 33 heavy (non-hydrogen) atoms. The van der Waals surface area contributed by atoms with Crippen LogP contribution in [-0.4, -0.2) is 72.6 Å². The highest BCUT2D eigenvalue weighted by Gasteiger charge is 2.22. The number of carbonyl (C=O) groups is 1. The Morgan fingerprint density at radius 3 is 2.61 bits per heavy atom. The number of aryl methyl sites for hydroxylation is 1. The molecule has 0 bridgehead atoms. The van der Waals surface area contributed by atoms with E-state index >= 15 is 0 Å². The van der Waals surface area contributed by atoms with Crippen LogP contribution in [0.2, 0.25) is 0 Å². The van der Waals surface area contributed by atoms with Crippen molar-refractivity contribution in [3.63, 3.8) is 0 Å². The fourth-order valence-corrected chi connectivity index (χ4v) is 3.84. The lowest BCUT2D eigenvalue weighted by molar-refractivity contribution is 0.0537. The van der Waals surface area contributed by atoms with Crippen LogP contribution in [0.3, 0.4) is 0 Å². The van der Waals surface area contributed by atoms with Crippen molar-refractivity contribution in [2.75, 3.05) is 56.4 Å². The van der Waals surface area contributed by atoms with E-state index in [4.69, 9.17) is 9.82 Å². The van der Waals surface area contributed by atoms with Gasteiger partial charge in [-0.1, -0.05) is 26.8 Å². The number of nitrogens with one attached hydrogen (secondary N) is 3. The molecule has 180 valence electrons. The molecule has 1 aromatic heterocycles. The molecule has 1 fully saturated rings. The number of hydrogen-bond acceptors (Lipinski definition) is 9. The van der Waals surface area contributed by atoms with Gasteiger partial charge in [0.15, 0.2) is 0 Å². The number of hydrogen-bond donors (Lipinski definition) is 3. The van der Waals surface area contributed by atoms with Gasteiger partial charge in [-0.25, -0.2) is 5.48 Å². The molecule has 1 amide bonds. The monoisotopic (exact) mass is 456 g/mol. The summed E-state index contributed by atoms with van der Waals surface area (Å²) in [6, 6.07) is 5.65. The van der Waals surface area contributed by atoms with Gasteiger partial charge in [0.1, 0.15) is 0 Å². The predicted octanol–water partition coefficient (Wildman–Crippen LogP) is 2.81. The molecule has 1 aliphatic heterocycles. The van der Waals surface area contributed by atoms with Crippen molar-refractivity contribution in [2.45, 2.75) is 40.2 Å². The molecule has 0 unspecified atom stereocenters. The number of aromatic nitrogens is 3. The van der Waals surface area contributed by atoms with Crippen LogP contribution in [0.25, 0.3) is 0 Å². The van der Waals surface area contributed by atoms with Gasteiger partial charge in [-0.2, -0.15) is 15.0 Å². The maximum absolute atomic E-state index is 12.2. The van der Waals surface area contributed by atoms with Crippen LogP contribution in [0.15, 0.2) is 18.2 Å². The van der Waals surface area contributed by atoms with Crippen LogP contribution in [-0.2, 0) is 4.84 Å². The van der Waals surface area contributed by atoms with Crippen molar-refractivity contribution in [1.82, 2.24) is 25.3 Å². The summed E-state index contributed by atoms with van der Waals surface area (Å²) >= 11 is 0. The molecule has 1 atom stereocenters. The van der Waals surface area contributed by atoms with Gasteiger partial charge in [0.05, 0.1) is 7.11 Å². The van der Waals surface area contributed by atoms with E-state index < -0.39 is 0 Å². The Morgan fingerprint density at radius 2 is 1.97 bits per heavy atom. The van der Waals surface area contributed by atoms with Crippen LogP contribution in [0.1, 0.15) is 43.1 Å². The number of likely N-dealkylation sites (N-methyl/N-ethyl adjacent to an activating group) is 1. The van der Waals surface area contributed by atoms with Crippen molar-refractivity contribution in [3.05, 3.63) is 29.3 Å². The average Bonchev–Trinajstić information content (AvgIpc) is 3.13. The number of rotatable bonds is 8. The zero-order valence-corrected chi connectivity index (χ0v) is 20.7. The minimum atomic E-state index is -0.325. The normalized spacial score (nSPS) is 16.5. The molecule has 0 saturated carbocycles. The summed E-state index contributed by atoms with van der Waals surface area (Å²) in [4.78, 5) is 35.2. The Hall–Kier alpha value is -2.98. The number of likely N-dealkylation sites (tertiary alicyclic amines) is 1. The quantitative estimate of drug-likeness (QED) is 0.517. The Morgan fingerprint density at radius 1 is 1.24 bits per heavy atom. The van der Waals surface area contributed by atoms with Crippen LogP contribution in [0, 0.1) is 12.3 Å². The first-order chi connectivity index (χ1) is 15.5. The molecule has 0 radical (unpaired) electrons. The fourth-order valence-electron chi connectivity index (χ4n) is 3.84. The van der Waals surface area contributed by atoms with Crippen molar-refractivity contribution >= 4 is 29.4 Å². The van der Waals surface area contributed by atoms with Crippen LogP contribution >= 0.6 is 0 Å². The molecule has 3 rings (SSSR count). The average molecular weight is 457 g/mol. The fraction of sp³-hybridized carbons (Fsp3) is 0.565. The van der Waals surface area contributed by atoms with E-state index in [0.717, 1.165) is 37.3 Å². The van der Waals surface area contributed by atoms with Crippen molar-refractivity contribution in [1.29, 1.82) is 0 Å². The Balaban J connectivity index is 1.91. The molecule has 2 aromatic rings. The van der Waals surface area contributed by atoms with Gasteiger partial charge in [0.2, 0.25) is 17.8 Å². The first-order valence-electron chi connectivity index (χ1n) is 11.2. The van der Waals surface area contributed by atoms with Crippen LogP contribution in [0.5, 0.6) is 0 Å². The summed E-state index contributed by atoms with van der Waals surface area (Å²) in [5, 5.41) is 6.75. The summed E-state index contributed by atoms with van der Waals surface area (Å²) < 4.78 is 0. The molecule has 0 aliphatic carbocycles. The van der Waals surface area contributed by atoms with Crippen LogP contribution < -0.4 is 21.0 Å². The topological polar surface area (TPSA) is 108 Å².